The van der Waals surface area contributed by atoms with Crippen molar-refractivity contribution in [2.45, 2.75) is 65.1 Å². The summed E-state index contributed by atoms with van der Waals surface area (Å²) in [5, 5.41) is 24.6. The predicted molar refractivity (Wildman–Crippen MR) is 197 cm³/mol. The number of amides is 2. The molecule has 0 unspecified atom stereocenters. The van der Waals surface area contributed by atoms with Gasteiger partial charge in [-0.05, 0) is 92.6 Å². The SMILES string of the molecule is Cc1cc(Cl)c(OCCOc2ccc(C3=C(C(=O)N(C)C[C@H](O)c4ccccc4)[C@H]4CN(C(=O)CCC(C)(C)C(=O)O)C[C@@H](C3)N4)cc2)cc1C. The molecule has 1 fully saturated rings. The molecule has 3 atom stereocenters. The smallest absolute Gasteiger partial charge is 0.309 e. The van der Waals surface area contributed by atoms with E-state index in [2.05, 4.69) is 5.32 Å². The van der Waals surface area contributed by atoms with E-state index >= 15 is 0 Å². The van der Waals surface area contributed by atoms with E-state index in [9.17, 15) is 24.6 Å². The molecule has 2 bridgehead atoms. The number of likely N-dealkylation sites (N-methyl/N-ethyl adjacent to an activating group) is 1. The lowest BCUT2D eigenvalue weighted by molar-refractivity contribution is -0.148. The molecule has 0 aromatic heterocycles. The summed E-state index contributed by atoms with van der Waals surface area (Å²) in [4.78, 5) is 42.6. The highest BCUT2D eigenvalue weighted by Gasteiger charge is 2.41. The number of carboxylic acid groups (broad SMARTS) is 1. The molecule has 0 saturated carbocycles. The van der Waals surface area contributed by atoms with Gasteiger partial charge >= 0.3 is 5.97 Å². The monoisotopic (exact) mass is 717 g/mol. The van der Waals surface area contributed by atoms with Gasteiger partial charge in [0.05, 0.1) is 29.1 Å². The Labute approximate surface area is 305 Å². The minimum atomic E-state index is -1.02. The van der Waals surface area contributed by atoms with Crippen LogP contribution in [0.5, 0.6) is 11.5 Å². The summed E-state index contributed by atoms with van der Waals surface area (Å²) in [7, 11) is 1.68. The van der Waals surface area contributed by atoms with Gasteiger partial charge < -0.3 is 34.8 Å². The third kappa shape index (κ3) is 9.30. The van der Waals surface area contributed by atoms with Crippen molar-refractivity contribution in [2.75, 3.05) is 39.9 Å². The number of carbonyl (C=O) groups is 3. The number of carboxylic acids is 1. The molecule has 2 amide bonds. The Morgan fingerprint density at radius 3 is 2.35 bits per heavy atom. The van der Waals surface area contributed by atoms with Crippen LogP contribution in [0.15, 0.2) is 72.3 Å². The zero-order chi connectivity index (χ0) is 36.9. The van der Waals surface area contributed by atoms with Crippen LogP contribution in [0, 0.1) is 19.3 Å². The van der Waals surface area contributed by atoms with E-state index in [0.29, 0.717) is 53.8 Å². The first-order valence-corrected chi connectivity index (χ1v) is 17.7. The van der Waals surface area contributed by atoms with Gasteiger partial charge in [0.15, 0.2) is 0 Å². The fraction of sp³-hybridized carbons (Fsp3) is 0.425. The molecule has 2 aliphatic heterocycles. The summed E-state index contributed by atoms with van der Waals surface area (Å²) in [5.41, 5.74) is 4.19. The third-order valence-corrected chi connectivity index (χ3v) is 10.2. The van der Waals surface area contributed by atoms with E-state index in [0.717, 1.165) is 22.3 Å². The van der Waals surface area contributed by atoms with Crippen LogP contribution in [0.1, 0.15) is 61.5 Å². The minimum Gasteiger partial charge on any atom is -0.490 e. The van der Waals surface area contributed by atoms with E-state index in [1.165, 1.54) is 4.90 Å². The summed E-state index contributed by atoms with van der Waals surface area (Å²) in [5.74, 6) is -0.0419. The maximum Gasteiger partial charge on any atom is 0.309 e. The van der Waals surface area contributed by atoms with Gasteiger partial charge in [-0.3, -0.25) is 14.4 Å². The number of rotatable bonds is 14. The summed E-state index contributed by atoms with van der Waals surface area (Å²) in [6, 6.07) is 20.1. The van der Waals surface area contributed by atoms with E-state index < -0.39 is 23.5 Å². The summed E-state index contributed by atoms with van der Waals surface area (Å²) >= 11 is 6.34. The Hall–Kier alpha value is -4.38. The van der Waals surface area contributed by atoms with Crippen LogP contribution in [0.25, 0.3) is 5.57 Å². The molecule has 3 N–H and O–H groups in total. The molecule has 5 rings (SSSR count). The van der Waals surface area contributed by atoms with Crippen LogP contribution >= 0.6 is 11.6 Å². The molecule has 0 aliphatic carbocycles. The Bertz CT molecular complexity index is 1760. The summed E-state index contributed by atoms with van der Waals surface area (Å²) in [6.07, 6.45) is -0.0526. The van der Waals surface area contributed by atoms with Crippen molar-refractivity contribution in [3.8, 4) is 11.5 Å². The summed E-state index contributed by atoms with van der Waals surface area (Å²) < 4.78 is 11.8. The number of nitrogens with zero attached hydrogens (tertiary/aromatic N) is 2. The van der Waals surface area contributed by atoms with Gasteiger partial charge in [0, 0.05) is 38.2 Å². The lowest BCUT2D eigenvalue weighted by Gasteiger charge is -2.45. The average molecular weight is 718 g/mol. The second-order valence-corrected chi connectivity index (χ2v) is 14.6. The maximum absolute atomic E-state index is 14.3. The van der Waals surface area contributed by atoms with Crippen LogP contribution in [-0.4, -0.2) is 89.8 Å². The highest BCUT2D eigenvalue weighted by atomic mass is 35.5. The molecule has 3 aromatic carbocycles. The Morgan fingerprint density at radius 2 is 1.67 bits per heavy atom. The molecule has 272 valence electrons. The fourth-order valence-corrected chi connectivity index (χ4v) is 6.79. The number of aryl methyl sites for hydroxylation is 2. The number of aliphatic hydroxyl groups excluding tert-OH is 1. The zero-order valence-corrected chi connectivity index (χ0v) is 30.7. The lowest BCUT2D eigenvalue weighted by atomic mass is 9.82. The number of fused-ring (bicyclic) bond motifs is 2. The van der Waals surface area contributed by atoms with Crippen molar-refractivity contribution >= 4 is 35.0 Å². The van der Waals surface area contributed by atoms with Gasteiger partial charge in [0.25, 0.3) is 5.91 Å². The number of aliphatic hydroxyl groups is 1. The van der Waals surface area contributed by atoms with Crippen molar-refractivity contribution in [3.63, 3.8) is 0 Å². The molecule has 1 saturated heterocycles. The predicted octanol–water partition coefficient (Wildman–Crippen LogP) is 5.82. The van der Waals surface area contributed by atoms with E-state index in [-0.39, 0.29) is 43.8 Å². The molecular formula is C40H48ClN3O7. The highest BCUT2D eigenvalue weighted by Crippen LogP contribution is 2.36. The number of carbonyl (C=O) groups excluding carboxylic acids is 2. The highest BCUT2D eigenvalue weighted by molar-refractivity contribution is 6.32. The molecule has 51 heavy (non-hydrogen) atoms. The second kappa shape index (κ2) is 16.3. The lowest BCUT2D eigenvalue weighted by Crippen LogP contribution is -2.62. The number of piperazine rings is 1. The maximum atomic E-state index is 14.3. The Kier molecular flexibility index (Phi) is 12.1. The van der Waals surface area contributed by atoms with Crippen molar-refractivity contribution in [1.29, 1.82) is 0 Å². The number of benzene rings is 3. The Balaban J connectivity index is 1.33. The first-order chi connectivity index (χ1) is 24.2. The average Bonchev–Trinajstić information content (AvgIpc) is 3.11. The largest absolute Gasteiger partial charge is 0.490 e. The van der Waals surface area contributed by atoms with Gasteiger partial charge in [-0.2, -0.15) is 0 Å². The van der Waals surface area contributed by atoms with E-state index in [4.69, 9.17) is 21.1 Å². The molecule has 3 aromatic rings. The van der Waals surface area contributed by atoms with Crippen LogP contribution in [0.3, 0.4) is 0 Å². The normalized spacial score (nSPS) is 17.9. The van der Waals surface area contributed by atoms with E-state index in [1.807, 2.05) is 80.6 Å². The van der Waals surface area contributed by atoms with Crippen molar-refractivity contribution in [1.82, 2.24) is 15.1 Å². The van der Waals surface area contributed by atoms with Crippen molar-refractivity contribution in [3.05, 3.63) is 99.6 Å². The molecule has 0 radical (unpaired) electrons. The molecule has 10 nitrogen and oxygen atoms in total. The quantitative estimate of drug-likeness (QED) is 0.178. The molecule has 2 heterocycles. The molecular weight excluding hydrogens is 670 g/mol. The second-order valence-electron chi connectivity index (χ2n) is 14.2. The molecule has 2 aliphatic rings. The van der Waals surface area contributed by atoms with Gasteiger partial charge in [-0.1, -0.05) is 54.1 Å². The molecule has 0 spiro atoms. The summed E-state index contributed by atoms with van der Waals surface area (Å²) in [6.45, 7) is 8.67. The first kappa shape index (κ1) is 37.9. The van der Waals surface area contributed by atoms with Crippen molar-refractivity contribution < 1.29 is 34.1 Å². The first-order valence-electron chi connectivity index (χ1n) is 17.3. The number of hydrogen-bond donors (Lipinski definition) is 3. The van der Waals surface area contributed by atoms with Crippen LogP contribution < -0.4 is 14.8 Å². The number of nitrogens with one attached hydrogen (secondary N) is 1. The van der Waals surface area contributed by atoms with Crippen LogP contribution in [0.2, 0.25) is 5.02 Å². The third-order valence-electron chi connectivity index (χ3n) is 9.87. The van der Waals surface area contributed by atoms with Crippen LogP contribution in [0.4, 0.5) is 0 Å². The number of ether oxygens (including phenoxy) is 2. The van der Waals surface area contributed by atoms with Gasteiger partial charge in [0.1, 0.15) is 24.7 Å². The number of halogens is 1. The standard InChI is InChI=1S/C40H48ClN3O7/c1-25-19-32(41)35(20-26(25)2)51-18-17-50-30-13-11-27(12-14-30)31-21-29-22-44(36(46)15-16-40(3,4)39(48)49)23-33(42-29)37(31)38(47)43(5)24-34(45)28-9-7-6-8-10-28/h6-14,19-20,29,33-34,42,45H,15-18,21-24H2,1-5H3,(H,48,49)/t29-,33-,34+/m1/s1. The number of aliphatic carboxylic acids is 1. The van der Waals surface area contributed by atoms with Crippen LogP contribution in [-0.2, 0) is 14.4 Å². The Morgan fingerprint density at radius 1 is 1.00 bits per heavy atom. The topological polar surface area (TPSA) is 129 Å². The van der Waals surface area contributed by atoms with Gasteiger partial charge in [-0.15, -0.1) is 0 Å². The van der Waals surface area contributed by atoms with Gasteiger partial charge in [-0.25, -0.2) is 0 Å². The van der Waals surface area contributed by atoms with Gasteiger partial charge in [0.2, 0.25) is 5.91 Å². The fourth-order valence-electron chi connectivity index (χ4n) is 6.51. The minimum absolute atomic E-state index is 0.0882. The number of hydrogen-bond acceptors (Lipinski definition) is 7. The molecule has 11 heteroatoms. The zero-order valence-electron chi connectivity index (χ0n) is 29.9. The van der Waals surface area contributed by atoms with Crippen molar-refractivity contribution in [2.24, 2.45) is 5.41 Å². The van der Waals surface area contributed by atoms with E-state index in [1.54, 1.807) is 25.8 Å².